The molecule has 0 radical (unpaired) electrons. The Morgan fingerprint density at radius 1 is 0.932 bits per heavy atom. The molecule has 10 nitrogen and oxygen atoms in total. The lowest BCUT2D eigenvalue weighted by Gasteiger charge is -2.36. The van der Waals surface area contributed by atoms with Gasteiger partial charge in [0, 0.05) is 25.6 Å². The van der Waals surface area contributed by atoms with Crippen LogP contribution in [0.15, 0.2) is 71.5 Å². The average molecular weight is 600 g/mol. The van der Waals surface area contributed by atoms with Crippen LogP contribution in [0.2, 0.25) is 0 Å². The largest absolute Gasteiger partial charge is 0.444 e. The van der Waals surface area contributed by atoms with Gasteiger partial charge in [0.2, 0.25) is 11.8 Å². The van der Waals surface area contributed by atoms with Crippen LogP contribution < -0.4 is 16.3 Å². The van der Waals surface area contributed by atoms with Crippen LogP contribution in [-0.2, 0) is 20.7 Å². The monoisotopic (exact) mass is 599 g/mol. The number of carbonyl (C=O) groups is 3. The van der Waals surface area contributed by atoms with E-state index in [1.165, 1.54) is 0 Å². The number of nitrogens with one attached hydrogen (secondary N) is 3. The van der Waals surface area contributed by atoms with Gasteiger partial charge in [-0.1, -0.05) is 54.6 Å². The standard InChI is InChI=1S/C34H41N5O5/c1-33(2,3)44-32(43)37-34(4,5)30(41)35-27(21-23-13-10-12-22-11-6-7-14-25(22)23)29(40)38-19-17-24(18-20-38)39-28-16-9-8-15-26(28)36-31(39)42/h6-16,24,27H,17-21H2,1-5H3,(H,35,41)(H,36,42)(H,37,43)/t27-/m1/s1. The van der Waals surface area contributed by atoms with Gasteiger partial charge in [0.15, 0.2) is 0 Å². The number of imidazole rings is 1. The van der Waals surface area contributed by atoms with Crippen molar-refractivity contribution < 1.29 is 19.1 Å². The van der Waals surface area contributed by atoms with Gasteiger partial charge in [-0.05, 0) is 75.9 Å². The molecule has 232 valence electrons. The van der Waals surface area contributed by atoms with Crippen LogP contribution in [0.4, 0.5) is 4.79 Å². The molecule has 0 spiro atoms. The number of H-pyrrole nitrogens is 1. The number of rotatable bonds is 7. The number of piperidine rings is 1. The molecule has 5 rings (SSSR count). The lowest BCUT2D eigenvalue weighted by Crippen LogP contribution is -2.60. The van der Waals surface area contributed by atoms with E-state index in [9.17, 15) is 19.2 Å². The number of hydrogen-bond donors (Lipinski definition) is 3. The molecule has 3 amide bonds. The summed E-state index contributed by atoms with van der Waals surface area (Å²) in [6, 6.07) is 20.5. The van der Waals surface area contributed by atoms with Crippen molar-refractivity contribution in [1.82, 2.24) is 25.1 Å². The van der Waals surface area contributed by atoms with Crippen molar-refractivity contribution in [3.63, 3.8) is 0 Å². The molecule has 1 aliphatic rings. The molecule has 3 aromatic carbocycles. The number of hydrogen-bond acceptors (Lipinski definition) is 5. The van der Waals surface area contributed by atoms with Crippen molar-refractivity contribution in [2.45, 2.75) is 77.1 Å². The second kappa shape index (κ2) is 12.2. The third kappa shape index (κ3) is 6.79. The third-order valence-electron chi connectivity index (χ3n) is 8.05. The van der Waals surface area contributed by atoms with Gasteiger partial charge in [-0.2, -0.15) is 0 Å². The topological polar surface area (TPSA) is 126 Å². The summed E-state index contributed by atoms with van der Waals surface area (Å²) in [7, 11) is 0. The molecule has 2 heterocycles. The third-order valence-corrected chi connectivity index (χ3v) is 8.05. The maximum Gasteiger partial charge on any atom is 0.408 e. The minimum Gasteiger partial charge on any atom is -0.444 e. The maximum absolute atomic E-state index is 14.1. The number of aromatic amines is 1. The number of benzene rings is 3. The fourth-order valence-corrected chi connectivity index (χ4v) is 5.85. The summed E-state index contributed by atoms with van der Waals surface area (Å²) >= 11 is 0. The van der Waals surface area contributed by atoms with Gasteiger partial charge in [-0.3, -0.25) is 14.2 Å². The molecule has 0 unspecified atom stereocenters. The van der Waals surface area contributed by atoms with E-state index in [4.69, 9.17) is 4.74 Å². The van der Waals surface area contributed by atoms with Gasteiger partial charge in [-0.25, -0.2) is 9.59 Å². The second-order valence-electron chi connectivity index (χ2n) is 13.0. The van der Waals surface area contributed by atoms with Crippen molar-refractivity contribution in [3.05, 3.63) is 82.8 Å². The molecule has 1 aromatic heterocycles. The lowest BCUT2D eigenvalue weighted by molar-refractivity contribution is -0.138. The van der Waals surface area contributed by atoms with Crippen LogP contribution in [0.5, 0.6) is 0 Å². The summed E-state index contributed by atoms with van der Waals surface area (Å²) < 4.78 is 7.15. The van der Waals surface area contributed by atoms with Crippen LogP contribution in [0.1, 0.15) is 59.1 Å². The summed E-state index contributed by atoms with van der Waals surface area (Å²) in [5.41, 5.74) is 0.340. The van der Waals surface area contributed by atoms with Crippen molar-refractivity contribution >= 4 is 39.7 Å². The maximum atomic E-state index is 14.1. The zero-order chi connectivity index (χ0) is 31.6. The van der Waals surface area contributed by atoms with E-state index in [1.807, 2.05) is 66.7 Å². The van der Waals surface area contributed by atoms with Gasteiger partial charge in [0.25, 0.3) is 0 Å². The van der Waals surface area contributed by atoms with Gasteiger partial charge in [0.05, 0.1) is 11.0 Å². The first-order chi connectivity index (χ1) is 20.8. The normalized spacial score (nSPS) is 15.2. The molecular weight excluding hydrogens is 558 g/mol. The van der Waals surface area contributed by atoms with E-state index in [-0.39, 0.29) is 24.1 Å². The molecule has 4 aromatic rings. The Bertz CT molecular complexity index is 1730. The molecule has 0 aliphatic carbocycles. The van der Waals surface area contributed by atoms with Crippen LogP contribution in [0.3, 0.4) is 0 Å². The zero-order valence-corrected chi connectivity index (χ0v) is 26.0. The van der Waals surface area contributed by atoms with Crippen LogP contribution in [0.25, 0.3) is 21.8 Å². The Labute approximate surface area is 256 Å². The van der Waals surface area contributed by atoms with E-state index in [2.05, 4.69) is 15.6 Å². The Hall–Kier alpha value is -4.60. The SMILES string of the molecule is CC(C)(C)OC(=O)NC(C)(C)C(=O)N[C@H](Cc1cccc2ccccc12)C(=O)N1CCC(n2c(=O)[nH]c3ccccc32)CC1. The molecule has 3 N–H and O–H groups in total. The van der Waals surface area contributed by atoms with E-state index in [0.29, 0.717) is 25.9 Å². The first kappa shape index (κ1) is 30.8. The van der Waals surface area contributed by atoms with Gasteiger partial charge in [-0.15, -0.1) is 0 Å². The Kier molecular flexibility index (Phi) is 8.54. The first-order valence-electron chi connectivity index (χ1n) is 15.1. The Morgan fingerprint density at radius 2 is 1.59 bits per heavy atom. The zero-order valence-electron chi connectivity index (χ0n) is 26.0. The number of para-hydroxylation sites is 2. The van der Waals surface area contributed by atoms with Crippen LogP contribution in [0, 0.1) is 0 Å². The summed E-state index contributed by atoms with van der Waals surface area (Å²) in [5.74, 6) is -0.703. The van der Waals surface area contributed by atoms with Crippen molar-refractivity contribution in [2.75, 3.05) is 13.1 Å². The number of fused-ring (bicyclic) bond motifs is 2. The summed E-state index contributed by atoms with van der Waals surface area (Å²) in [6.45, 7) is 9.28. The number of amides is 3. The highest BCUT2D eigenvalue weighted by Gasteiger charge is 2.37. The number of carbonyl (C=O) groups excluding carboxylic acids is 3. The molecule has 0 saturated carbocycles. The molecule has 1 aliphatic heterocycles. The number of likely N-dealkylation sites (tertiary alicyclic amines) is 1. The van der Waals surface area contributed by atoms with Crippen LogP contribution >= 0.6 is 0 Å². The highest BCUT2D eigenvalue weighted by atomic mass is 16.6. The molecule has 1 saturated heterocycles. The Morgan fingerprint density at radius 3 is 2.32 bits per heavy atom. The minimum absolute atomic E-state index is 0.0502. The van der Waals surface area contributed by atoms with Crippen molar-refractivity contribution in [1.29, 1.82) is 0 Å². The molecule has 1 fully saturated rings. The number of alkyl carbamates (subject to hydrolysis) is 1. The number of aromatic nitrogens is 2. The number of nitrogens with zero attached hydrogens (tertiary/aromatic N) is 2. The predicted octanol–water partition coefficient (Wildman–Crippen LogP) is 4.68. The van der Waals surface area contributed by atoms with E-state index < -0.39 is 29.2 Å². The minimum atomic E-state index is -1.34. The highest BCUT2D eigenvalue weighted by molar-refractivity contribution is 5.94. The van der Waals surface area contributed by atoms with Crippen molar-refractivity contribution in [3.8, 4) is 0 Å². The van der Waals surface area contributed by atoms with E-state index >= 15 is 0 Å². The van der Waals surface area contributed by atoms with Gasteiger partial charge in [0.1, 0.15) is 17.2 Å². The molecule has 10 heteroatoms. The molecule has 1 atom stereocenters. The predicted molar refractivity (Wildman–Crippen MR) is 170 cm³/mol. The molecular formula is C34H41N5O5. The molecule has 44 heavy (non-hydrogen) atoms. The summed E-state index contributed by atoms with van der Waals surface area (Å²) in [4.78, 5) is 57.7. The first-order valence-corrected chi connectivity index (χ1v) is 15.1. The smallest absolute Gasteiger partial charge is 0.408 e. The van der Waals surface area contributed by atoms with E-state index in [1.54, 1.807) is 44.1 Å². The van der Waals surface area contributed by atoms with Gasteiger partial charge >= 0.3 is 11.8 Å². The second-order valence-corrected chi connectivity index (χ2v) is 13.0. The number of ether oxygens (including phenoxy) is 1. The summed E-state index contributed by atoms with van der Waals surface area (Å²) in [6.07, 6.45) is 0.766. The Balaban J connectivity index is 1.36. The molecule has 0 bridgehead atoms. The fraction of sp³-hybridized carbons (Fsp3) is 0.412. The highest BCUT2D eigenvalue weighted by Crippen LogP contribution is 2.26. The van der Waals surface area contributed by atoms with Crippen LogP contribution in [-0.4, -0.2) is 62.6 Å². The quantitative estimate of drug-likeness (QED) is 0.285. The van der Waals surface area contributed by atoms with Crippen molar-refractivity contribution in [2.24, 2.45) is 0 Å². The van der Waals surface area contributed by atoms with Gasteiger partial charge < -0.3 is 25.3 Å². The average Bonchev–Trinajstić information content (AvgIpc) is 3.31. The fourth-order valence-electron chi connectivity index (χ4n) is 5.85. The lowest BCUT2D eigenvalue weighted by atomic mass is 9.96. The summed E-state index contributed by atoms with van der Waals surface area (Å²) in [5, 5.41) is 7.63. The van der Waals surface area contributed by atoms with E-state index in [0.717, 1.165) is 27.4 Å².